The lowest BCUT2D eigenvalue weighted by molar-refractivity contribution is -0.148. The van der Waals surface area contributed by atoms with Gasteiger partial charge in [-0.05, 0) is 37.5 Å². The highest BCUT2D eigenvalue weighted by Crippen LogP contribution is 2.37. The number of nitrogens with zero attached hydrogens (tertiary/aromatic N) is 5. The number of esters is 1. The number of anilines is 2. The van der Waals surface area contributed by atoms with Crippen LogP contribution in [-0.4, -0.2) is 52.5 Å². The second-order valence-corrected chi connectivity index (χ2v) is 8.81. The standard InChI is InChI=1S/C27H30N6O3/c1-3-36-26(34)19-13-15-32(16-14-19)27-29-23(20-11-7-8-12-21(20)35-2)22-24(28)33(31-25(22)30-27)17-18-9-5-4-6-10-18/h4-12,19H,3,13-17,28H2,1-2H3. The van der Waals surface area contributed by atoms with Gasteiger partial charge in [-0.25, -0.2) is 9.67 Å². The highest BCUT2D eigenvalue weighted by molar-refractivity contribution is 6.00. The number of methoxy groups -OCH3 is 1. The summed E-state index contributed by atoms with van der Waals surface area (Å²) in [6.45, 7) is 4.06. The minimum Gasteiger partial charge on any atom is -0.496 e. The van der Waals surface area contributed by atoms with Crippen molar-refractivity contribution in [1.82, 2.24) is 19.7 Å². The van der Waals surface area contributed by atoms with Crippen molar-refractivity contribution in [2.45, 2.75) is 26.3 Å². The van der Waals surface area contributed by atoms with Crippen LogP contribution in [0.5, 0.6) is 5.75 Å². The number of nitrogens with two attached hydrogens (primary N) is 1. The summed E-state index contributed by atoms with van der Waals surface area (Å²) >= 11 is 0. The number of fused-ring (bicyclic) bond motifs is 1. The molecule has 1 saturated heterocycles. The zero-order chi connectivity index (χ0) is 25.1. The minimum atomic E-state index is -0.129. The van der Waals surface area contributed by atoms with Gasteiger partial charge in [0, 0.05) is 18.7 Å². The fourth-order valence-electron chi connectivity index (χ4n) is 4.67. The molecule has 0 bridgehead atoms. The summed E-state index contributed by atoms with van der Waals surface area (Å²) in [5, 5.41) is 5.47. The van der Waals surface area contributed by atoms with Crippen LogP contribution in [0, 0.1) is 5.92 Å². The SMILES string of the molecule is CCOC(=O)C1CCN(c2nc(-c3ccccc3OC)c3c(N)n(Cc4ccccc4)nc3n2)CC1. The van der Waals surface area contributed by atoms with Gasteiger partial charge in [0.25, 0.3) is 0 Å². The van der Waals surface area contributed by atoms with Crippen molar-refractivity contribution in [2.75, 3.05) is 37.4 Å². The van der Waals surface area contributed by atoms with Crippen LogP contribution in [0.2, 0.25) is 0 Å². The highest BCUT2D eigenvalue weighted by Gasteiger charge is 2.29. The number of ether oxygens (including phenoxy) is 2. The number of piperidine rings is 1. The second kappa shape index (κ2) is 10.2. The van der Waals surface area contributed by atoms with Crippen LogP contribution in [0.3, 0.4) is 0 Å². The summed E-state index contributed by atoms with van der Waals surface area (Å²) < 4.78 is 12.6. The molecule has 4 aromatic rings. The molecule has 5 rings (SSSR count). The van der Waals surface area contributed by atoms with Crippen molar-refractivity contribution in [3.05, 3.63) is 60.2 Å². The van der Waals surface area contributed by atoms with Crippen LogP contribution >= 0.6 is 0 Å². The van der Waals surface area contributed by atoms with Gasteiger partial charge in [-0.15, -0.1) is 5.10 Å². The van der Waals surface area contributed by atoms with E-state index in [1.807, 2.05) is 61.5 Å². The molecule has 3 heterocycles. The second-order valence-electron chi connectivity index (χ2n) is 8.81. The molecular formula is C27H30N6O3. The van der Waals surface area contributed by atoms with Gasteiger partial charge in [0.1, 0.15) is 11.6 Å². The molecule has 0 unspecified atom stereocenters. The molecule has 1 fully saturated rings. The molecule has 9 heteroatoms. The predicted octanol–water partition coefficient (Wildman–Crippen LogP) is 3.91. The first-order chi connectivity index (χ1) is 17.6. The summed E-state index contributed by atoms with van der Waals surface area (Å²) in [7, 11) is 1.64. The Labute approximate surface area is 209 Å². The molecule has 186 valence electrons. The number of rotatable bonds is 7. The predicted molar refractivity (Wildman–Crippen MR) is 139 cm³/mol. The third-order valence-corrected chi connectivity index (χ3v) is 6.56. The van der Waals surface area contributed by atoms with Crippen LogP contribution in [-0.2, 0) is 16.1 Å². The molecule has 2 aromatic heterocycles. The highest BCUT2D eigenvalue weighted by atomic mass is 16.5. The number of aromatic nitrogens is 4. The number of carbonyl (C=O) groups excluding carboxylic acids is 1. The van der Waals surface area contributed by atoms with Crippen LogP contribution in [0.1, 0.15) is 25.3 Å². The first-order valence-corrected chi connectivity index (χ1v) is 12.2. The van der Waals surface area contributed by atoms with Gasteiger partial charge in [-0.2, -0.15) is 4.98 Å². The fourth-order valence-corrected chi connectivity index (χ4v) is 4.67. The van der Waals surface area contributed by atoms with Crippen molar-refractivity contribution in [3.63, 3.8) is 0 Å². The molecule has 0 spiro atoms. The van der Waals surface area contributed by atoms with Gasteiger partial charge in [0.05, 0.1) is 37.3 Å². The van der Waals surface area contributed by atoms with Gasteiger partial charge in [-0.3, -0.25) is 4.79 Å². The molecule has 2 aromatic carbocycles. The summed E-state index contributed by atoms with van der Waals surface area (Å²) in [4.78, 5) is 24.1. The Kier molecular flexibility index (Phi) is 6.71. The van der Waals surface area contributed by atoms with Crippen molar-refractivity contribution >= 4 is 28.8 Å². The summed E-state index contributed by atoms with van der Waals surface area (Å²) in [6, 6.07) is 17.8. The number of nitrogen functional groups attached to an aromatic ring is 1. The Morgan fingerprint density at radius 1 is 1.06 bits per heavy atom. The lowest BCUT2D eigenvalue weighted by Gasteiger charge is -2.31. The average Bonchev–Trinajstić information content (AvgIpc) is 3.23. The van der Waals surface area contributed by atoms with Crippen molar-refractivity contribution in [1.29, 1.82) is 0 Å². The number of benzene rings is 2. The Balaban J connectivity index is 1.56. The quantitative estimate of drug-likeness (QED) is 0.392. The fraction of sp³-hybridized carbons (Fsp3) is 0.333. The number of para-hydroxylation sites is 1. The summed E-state index contributed by atoms with van der Waals surface area (Å²) in [5.74, 6) is 1.53. The van der Waals surface area contributed by atoms with E-state index in [2.05, 4.69) is 4.90 Å². The molecule has 1 aliphatic rings. The molecule has 1 aliphatic heterocycles. The molecule has 9 nitrogen and oxygen atoms in total. The van der Waals surface area contributed by atoms with Crippen LogP contribution in [0.25, 0.3) is 22.3 Å². The van der Waals surface area contributed by atoms with Gasteiger partial charge in [0.2, 0.25) is 5.95 Å². The van der Waals surface area contributed by atoms with Crippen molar-refractivity contribution < 1.29 is 14.3 Å². The van der Waals surface area contributed by atoms with E-state index in [1.165, 1.54) is 0 Å². The largest absolute Gasteiger partial charge is 0.496 e. The van der Waals surface area contributed by atoms with E-state index in [0.717, 1.165) is 11.1 Å². The van der Waals surface area contributed by atoms with Gasteiger partial charge < -0.3 is 20.1 Å². The number of carbonyl (C=O) groups is 1. The maximum Gasteiger partial charge on any atom is 0.309 e. The molecule has 2 N–H and O–H groups in total. The number of hydrogen-bond donors (Lipinski definition) is 1. The third-order valence-electron chi connectivity index (χ3n) is 6.56. The zero-order valence-corrected chi connectivity index (χ0v) is 20.6. The first kappa shape index (κ1) is 23.6. The Bertz CT molecular complexity index is 1360. The van der Waals surface area contributed by atoms with Gasteiger partial charge >= 0.3 is 5.97 Å². The molecule has 0 aliphatic carbocycles. The maximum absolute atomic E-state index is 12.2. The average molecular weight is 487 g/mol. The van der Waals surface area contributed by atoms with Crippen molar-refractivity contribution in [2.24, 2.45) is 5.92 Å². The molecule has 0 radical (unpaired) electrons. The topological polar surface area (TPSA) is 108 Å². The lowest BCUT2D eigenvalue weighted by Crippen LogP contribution is -2.38. The van der Waals surface area contributed by atoms with E-state index < -0.39 is 0 Å². The molecule has 36 heavy (non-hydrogen) atoms. The van der Waals surface area contributed by atoms with Crippen molar-refractivity contribution in [3.8, 4) is 17.0 Å². The molecule has 0 saturated carbocycles. The monoisotopic (exact) mass is 486 g/mol. The van der Waals surface area contributed by atoms with E-state index in [0.29, 0.717) is 73.3 Å². The van der Waals surface area contributed by atoms with E-state index in [-0.39, 0.29) is 11.9 Å². The van der Waals surface area contributed by atoms with E-state index in [1.54, 1.807) is 11.8 Å². The van der Waals surface area contributed by atoms with Crippen LogP contribution in [0.15, 0.2) is 54.6 Å². The zero-order valence-electron chi connectivity index (χ0n) is 20.6. The third kappa shape index (κ3) is 4.56. The van der Waals surface area contributed by atoms with E-state index in [9.17, 15) is 4.79 Å². The van der Waals surface area contributed by atoms with Gasteiger partial charge in [-0.1, -0.05) is 42.5 Å². The smallest absolute Gasteiger partial charge is 0.309 e. The Hall–Kier alpha value is -4.14. The molecule has 0 atom stereocenters. The molecular weight excluding hydrogens is 456 g/mol. The van der Waals surface area contributed by atoms with E-state index in [4.69, 9.17) is 30.3 Å². The normalized spacial score (nSPS) is 14.2. The number of hydrogen-bond acceptors (Lipinski definition) is 8. The van der Waals surface area contributed by atoms with E-state index >= 15 is 0 Å². The molecule has 0 amide bonds. The summed E-state index contributed by atoms with van der Waals surface area (Å²) in [6.07, 6.45) is 1.38. The summed E-state index contributed by atoms with van der Waals surface area (Å²) in [5.41, 5.74) is 9.76. The minimum absolute atomic E-state index is 0.0978. The van der Waals surface area contributed by atoms with Crippen LogP contribution < -0.4 is 15.4 Å². The Morgan fingerprint density at radius 3 is 2.50 bits per heavy atom. The Morgan fingerprint density at radius 2 is 1.78 bits per heavy atom. The van der Waals surface area contributed by atoms with Crippen LogP contribution in [0.4, 0.5) is 11.8 Å². The lowest BCUT2D eigenvalue weighted by atomic mass is 9.97. The van der Waals surface area contributed by atoms with Gasteiger partial charge in [0.15, 0.2) is 5.65 Å². The maximum atomic E-state index is 12.2. The first-order valence-electron chi connectivity index (χ1n) is 12.2.